The fourth-order valence-corrected chi connectivity index (χ4v) is 1.22. The summed E-state index contributed by atoms with van der Waals surface area (Å²) in [6, 6.07) is 0. The first kappa shape index (κ1) is 9.28. The van der Waals surface area contributed by atoms with E-state index in [0.29, 0.717) is 11.9 Å². The van der Waals surface area contributed by atoms with E-state index in [9.17, 15) is 0 Å². The Labute approximate surface area is 72.1 Å². The van der Waals surface area contributed by atoms with Crippen molar-refractivity contribution in [2.45, 2.75) is 12.8 Å². The molecule has 5 heteroatoms. The van der Waals surface area contributed by atoms with Crippen molar-refractivity contribution >= 4 is 5.96 Å². The van der Waals surface area contributed by atoms with Gasteiger partial charge in [-0.15, -0.1) is 0 Å². The van der Waals surface area contributed by atoms with E-state index < -0.39 is 0 Å². The molecule has 70 valence electrons. The number of aliphatic imine (C=N–C) groups is 1. The van der Waals surface area contributed by atoms with E-state index in [1.54, 1.807) is 0 Å². The van der Waals surface area contributed by atoms with E-state index in [1.807, 2.05) is 0 Å². The van der Waals surface area contributed by atoms with Gasteiger partial charge in [0.15, 0.2) is 0 Å². The number of nitrogens with two attached hydrogens (primary N) is 2. The lowest BCUT2D eigenvalue weighted by Crippen LogP contribution is -2.37. The van der Waals surface area contributed by atoms with Crippen molar-refractivity contribution in [2.24, 2.45) is 22.5 Å². The molecule has 0 aromatic heterocycles. The van der Waals surface area contributed by atoms with Gasteiger partial charge in [0.1, 0.15) is 0 Å². The van der Waals surface area contributed by atoms with Gasteiger partial charge in [-0.1, -0.05) is 0 Å². The van der Waals surface area contributed by atoms with Gasteiger partial charge in [-0.05, 0) is 18.8 Å². The summed E-state index contributed by atoms with van der Waals surface area (Å²) in [7, 11) is 0. The van der Waals surface area contributed by atoms with Crippen LogP contribution in [0.25, 0.3) is 0 Å². The number of nitrogens with zero attached hydrogens (tertiary/aromatic N) is 1. The zero-order chi connectivity index (χ0) is 8.81. The molecule has 1 aliphatic heterocycles. The monoisotopic (exact) mass is 172 g/mol. The van der Waals surface area contributed by atoms with Gasteiger partial charge in [0, 0.05) is 19.8 Å². The van der Waals surface area contributed by atoms with Crippen LogP contribution >= 0.6 is 0 Å². The second kappa shape index (κ2) is 4.95. The third-order valence-electron chi connectivity index (χ3n) is 1.99. The molecule has 0 spiro atoms. The molecule has 1 saturated heterocycles. The Morgan fingerprint density at radius 1 is 1.67 bits per heavy atom. The molecule has 1 rings (SSSR count). The van der Waals surface area contributed by atoms with Crippen LogP contribution in [0.3, 0.4) is 0 Å². The van der Waals surface area contributed by atoms with Gasteiger partial charge >= 0.3 is 0 Å². The third-order valence-corrected chi connectivity index (χ3v) is 1.99. The van der Waals surface area contributed by atoms with E-state index in [2.05, 4.69) is 10.4 Å². The highest BCUT2D eigenvalue weighted by Gasteiger charge is 2.14. The molecule has 1 aliphatic rings. The maximum Gasteiger partial charge on any atom is 0.203 e. The first-order chi connectivity index (χ1) is 5.83. The van der Waals surface area contributed by atoms with Crippen molar-refractivity contribution in [3.05, 3.63) is 0 Å². The van der Waals surface area contributed by atoms with E-state index in [0.717, 1.165) is 32.6 Å². The molecule has 1 atom stereocenters. The summed E-state index contributed by atoms with van der Waals surface area (Å²) in [5.74, 6) is 5.99. The van der Waals surface area contributed by atoms with E-state index >= 15 is 0 Å². The quantitative estimate of drug-likeness (QED) is 0.225. The molecule has 0 amide bonds. The Kier molecular flexibility index (Phi) is 3.83. The van der Waals surface area contributed by atoms with Gasteiger partial charge in [-0.3, -0.25) is 10.4 Å². The van der Waals surface area contributed by atoms with Crippen LogP contribution < -0.4 is 17.0 Å². The standard InChI is InChI=1S/C7H16N4O/c8-7(11-9)10-3-1-6-2-4-12-5-6/h6H,1-5,9H2,(H3,8,10,11). The van der Waals surface area contributed by atoms with Crippen LogP contribution in [0.2, 0.25) is 0 Å². The van der Waals surface area contributed by atoms with Gasteiger partial charge < -0.3 is 10.5 Å². The van der Waals surface area contributed by atoms with Gasteiger partial charge in [-0.25, -0.2) is 5.84 Å². The molecule has 0 bridgehead atoms. The molecule has 0 saturated carbocycles. The molecule has 1 fully saturated rings. The fourth-order valence-electron chi connectivity index (χ4n) is 1.22. The van der Waals surface area contributed by atoms with Crippen LogP contribution in [0.1, 0.15) is 12.8 Å². The molecule has 5 N–H and O–H groups in total. The normalized spacial score (nSPS) is 24.4. The van der Waals surface area contributed by atoms with Gasteiger partial charge in [0.05, 0.1) is 0 Å². The number of hydrogen-bond acceptors (Lipinski definition) is 3. The highest BCUT2D eigenvalue weighted by Crippen LogP contribution is 2.15. The Morgan fingerprint density at radius 3 is 3.08 bits per heavy atom. The number of ether oxygens (including phenoxy) is 1. The molecule has 0 aliphatic carbocycles. The van der Waals surface area contributed by atoms with Crippen molar-refractivity contribution in [1.29, 1.82) is 0 Å². The van der Waals surface area contributed by atoms with Crippen molar-refractivity contribution in [2.75, 3.05) is 19.8 Å². The van der Waals surface area contributed by atoms with Crippen LogP contribution in [-0.2, 0) is 4.74 Å². The maximum atomic E-state index is 5.34. The van der Waals surface area contributed by atoms with Crippen molar-refractivity contribution < 1.29 is 4.74 Å². The summed E-state index contributed by atoms with van der Waals surface area (Å²) in [4.78, 5) is 4.01. The third kappa shape index (κ3) is 3.06. The Hall–Kier alpha value is -0.810. The van der Waals surface area contributed by atoms with Crippen LogP contribution in [0.4, 0.5) is 0 Å². The van der Waals surface area contributed by atoms with E-state index in [-0.39, 0.29) is 0 Å². The number of rotatable bonds is 3. The van der Waals surface area contributed by atoms with Crippen LogP contribution in [0.15, 0.2) is 4.99 Å². The molecular formula is C7H16N4O. The molecular weight excluding hydrogens is 156 g/mol. The Bertz CT molecular complexity index is 153. The number of hydrazine groups is 1. The smallest absolute Gasteiger partial charge is 0.203 e. The second-order valence-corrected chi connectivity index (χ2v) is 2.93. The van der Waals surface area contributed by atoms with Crippen molar-refractivity contribution in [1.82, 2.24) is 5.43 Å². The fraction of sp³-hybridized carbons (Fsp3) is 0.857. The topological polar surface area (TPSA) is 85.7 Å². The molecule has 1 unspecified atom stereocenters. The van der Waals surface area contributed by atoms with Crippen LogP contribution in [0, 0.1) is 5.92 Å². The summed E-state index contributed by atoms with van der Waals surface area (Å²) >= 11 is 0. The molecule has 12 heavy (non-hydrogen) atoms. The minimum atomic E-state index is 0.300. The zero-order valence-electron chi connectivity index (χ0n) is 7.12. The summed E-state index contributed by atoms with van der Waals surface area (Å²) in [5.41, 5.74) is 7.63. The highest BCUT2D eigenvalue weighted by atomic mass is 16.5. The number of hydrogen-bond donors (Lipinski definition) is 3. The molecule has 1 heterocycles. The second-order valence-electron chi connectivity index (χ2n) is 2.93. The van der Waals surface area contributed by atoms with Gasteiger partial charge in [0.25, 0.3) is 0 Å². The van der Waals surface area contributed by atoms with E-state index in [4.69, 9.17) is 16.3 Å². The molecule has 5 nitrogen and oxygen atoms in total. The van der Waals surface area contributed by atoms with Crippen molar-refractivity contribution in [3.8, 4) is 0 Å². The lowest BCUT2D eigenvalue weighted by atomic mass is 10.1. The minimum Gasteiger partial charge on any atom is -0.381 e. The lowest BCUT2D eigenvalue weighted by molar-refractivity contribution is 0.184. The van der Waals surface area contributed by atoms with Gasteiger partial charge in [-0.2, -0.15) is 0 Å². The predicted octanol–water partition coefficient (Wildman–Crippen LogP) is -0.809. The Morgan fingerprint density at radius 2 is 2.50 bits per heavy atom. The SMILES string of the molecule is NNC(N)=NCCC1CCOC1. The zero-order valence-corrected chi connectivity index (χ0v) is 7.12. The molecule has 0 aromatic rings. The van der Waals surface area contributed by atoms with Crippen LogP contribution in [0.5, 0.6) is 0 Å². The summed E-state index contributed by atoms with van der Waals surface area (Å²) < 4.78 is 5.22. The van der Waals surface area contributed by atoms with E-state index in [1.165, 1.54) is 0 Å². The average molecular weight is 172 g/mol. The highest BCUT2D eigenvalue weighted by molar-refractivity contribution is 5.76. The first-order valence-corrected chi connectivity index (χ1v) is 4.17. The maximum absolute atomic E-state index is 5.34. The number of nitrogens with one attached hydrogen (secondary N) is 1. The summed E-state index contributed by atoms with van der Waals surface area (Å²) in [5, 5.41) is 0. The summed E-state index contributed by atoms with van der Waals surface area (Å²) in [6.07, 6.45) is 2.17. The largest absolute Gasteiger partial charge is 0.381 e. The van der Waals surface area contributed by atoms with Crippen LogP contribution in [-0.4, -0.2) is 25.7 Å². The predicted molar refractivity (Wildman–Crippen MR) is 47.4 cm³/mol. The van der Waals surface area contributed by atoms with Crippen molar-refractivity contribution in [3.63, 3.8) is 0 Å². The minimum absolute atomic E-state index is 0.300. The lowest BCUT2D eigenvalue weighted by Gasteiger charge is -2.04. The molecule has 0 aromatic carbocycles. The average Bonchev–Trinajstić information content (AvgIpc) is 2.57. The van der Waals surface area contributed by atoms with Gasteiger partial charge in [0.2, 0.25) is 5.96 Å². The summed E-state index contributed by atoms with van der Waals surface area (Å²) in [6.45, 7) is 2.48. The number of guanidine groups is 1. The molecule has 0 radical (unpaired) electrons. The first-order valence-electron chi connectivity index (χ1n) is 4.17. The Balaban J connectivity index is 2.08.